The summed E-state index contributed by atoms with van der Waals surface area (Å²) in [6.45, 7) is 3.50. The molecule has 26 heavy (non-hydrogen) atoms. The zero-order valence-electron chi connectivity index (χ0n) is 15.0. The molecular formula is C20H24N2O3S. The number of nitrogens with zero attached hydrogens (tertiary/aromatic N) is 2. The topological polar surface area (TPSA) is 59.4 Å². The summed E-state index contributed by atoms with van der Waals surface area (Å²) in [5.41, 5.74) is 3.13. The Morgan fingerprint density at radius 3 is 2.54 bits per heavy atom. The maximum Gasteiger partial charge on any atom is 0.250 e. The maximum absolute atomic E-state index is 12.6. The first-order valence-electron chi connectivity index (χ1n) is 9.26. The van der Waals surface area contributed by atoms with Gasteiger partial charge in [-0.05, 0) is 30.4 Å². The van der Waals surface area contributed by atoms with E-state index in [1.165, 1.54) is 0 Å². The van der Waals surface area contributed by atoms with Crippen LogP contribution in [0.15, 0.2) is 47.3 Å². The van der Waals surface area contributed by atoms with Crippen LogP contribution in [0.3, 0.4) is 0 Å². The molecule has 1 saturated heterocycles. The monoisotopic (exact) mass is 372 g/mol. The predicted molar refractivity (Wildman–Crippen MR) is 103 cm³/mol. The Kier molecular flexibility index (Phi) is 4.49. The molecule has 5 nitrogen and oxygen atoms in total. The lowest BCUT2D eigenvalue weighted by atomic mass is 9.81. The fraction of sp³-hybridized carbons (Fsp3) is 0.450. The summed E-state index contributed by atoms with van der Waals surface area (Å²) in [5, 5.41) is 0. The van der Waals surface area contributed by atoms with Gasteiger partial charge in [0, 0.05) is 42.9 Å². The molecule has 0 saturated carbocycles. The van der Waals surface area contributed by atoms with E-state index in [9.17, 15) is 13.2 Å². The minimum Gasteiger partial charge on any atom is -0.311 e. The normalized spacial score (nSPS) is 22.8. The molecule has 0 radical (unpaired) electrons. The number of piperidine rings is 1. The number of aromatic nitrogens is 1. The van der Waals surface area contributed by atoms with Gasteiger partial charge in [-0.2, -0.15) is 0 Å². The van der Waals surface area contributed by atoms with E-state index in [1.54, 1.807) is 10.4 Å². The van der Waals surface area contributed by atoms with Crippen LogP contribution in [-0.2, 0) is 16.6 Å². The van der Waals surface area contributed by atoms with Gasteiger partial charge >= 0.3 is 0 Å². The van der Waals surface area contributed by atoms with Crippen LogP contribution >= 0.6 is 0 Å². The van der Waals surface area contributed by atoms with Crippen molar-refractivity contribution >= 4 is 10.0 Å². The lowest BCUT2D eigenvalue weighted by Gasteiger charge is -2.43. The fourth-order valence-corrected chi connectivity index (χ4v) is 6.07. The van der Waals surface area contributed by atoms with E-state index in [4.69, 9.17) is 0 Å². The number of sulfonamides is 1. The van der Waals surface area contributed by atoms with E-state index in [0.717, 1.165) is 23.2 Å². The number of rotatable bonds is 4. The van der Waals surface area contributed by atoms with Gasteiger partial charge in [-0.15, -0.1) is 0 Å². The molecule has 3 heterocycles. The number of fused-ring (bicyclic) bond motifs is 4. The third-order valence-corrected chi connectivity index (χ3v) is 7.51. The van der Waals surface area contributed by atoms with Crippen LogP contribution in [0.2, 0.25) is 0 Å². The van der Waals surface area contributed by atoms with Crippen molar-refractivity contribution in [1.29, 1.82) is 0 Å². The van der Waals surface area contributed by atoms with Crippen LogP contribution < -0.4 is 5.56 Å². The zero-order chi connectivity index (χ0) is 18.3. The van der Waals surface area contributed by atoms with Gasteiger partial charge in [-0.3, -0.25) is 4.79 Å². The number of pyridine rings is 1. The second-order valence-electron chi connectivity index (χ2n) is 7.38. The number of hydrogen-bond donors (Lipinski definition) is 0. The van der Waals surface area contributed by atoms with Gasteiger partial charge < -0.3 is 4.57 Å². The molecule has 2 aliphatic heterocycles. The summed E-state index contributed by atoms with van der Waals surface area (Å²) in [7, 11) is -3.22. The Morgan fingerprint density at radius 1 is 1.04 bits per heavy atom. The van der Waals surface area contributed by atoms with Crippen molar-refractivity contribution in [3.63, 3.8) is 0 Å². The highest BCUT2D eigenvalue weighted by Crippen LogP contribution is 2.40. The summed E-state index contributed by atoms with van der Waals surface area (Å²) in [4.78, 5) is 12.5. The SMILES string of the molecule is CCCS(=O)(=O)N1C[C@H]2C[C@H](C1)c1c(-c3ccccc3)ccc(=O)n1C2. The van der Waals surface area contributed by atoms with Crippen molar-refractivity contribution in [1.82, 2.24) is 8.87 Å². The summed E-state index contributed by atoms with van der Waals surface area (Å²) in [6.07, 6.45) is 1.57. The highest BCUT2D eigenvalue weighted by Gasteiger charge is 2.39. The molecule has 1 aromatic carbocycles. The average Bonchev–Trinajstić information content (AvgIpc) is 2.63. The Labute approximate surface area is 154 Å². The molecule has 1 fully saturated rings. The second kappa shape index (κ2) is 6.67. The highest BCUT2D eigenvalue weighted by molar-refractivity contribution is 7.89. The van der Waals surface area contributed by atoms with Gasteiger partial charge in [0.2, 0.25) is 10.0 Å². The van der Waals surface area contributed by atoms with E-state index in [1.807, 2.05) is 47.9 Å². The van der Waals surface area contributed by atoms with Crippen molar-refractivity contribution < 1.29 is 8.42 Å². The highest BCUT2D eigenvalue weighted by atomic mass is 32.2. The molecule has 6 heteroatoms. The van der Waals surface area contributed by atoms with E-state index in [0.29, 0.717) is 26.1 Å². The van der Waals surface area contributed by atoms with Crippen molar-refractivity contribution in [2.75, 3.05) is 18.8 Å². The Hall–Kier alpha value is -1.92. The van der Waals surface area contributed by atoms with Crippen LogP contribution in [0, 0.1) is 5.92 Å². The average molecular weight is 372 g/mol. The first-order valence-corrected chi connectivity index (χ1v) is 10.9. The maximum atomic E-state index is 12.6. The van der Waals surface area contributed by atoms with E-state index < -0.39 is 10.0 Å². The molecule has 0 aliphatic carbocycles. The molecule has 2 atom stereocenters. The lowest BCUT2D eigenvalue weighted by molar-refractivity contribution is 0.187. The fourth-order valence-electron chi connectivity index (χ4n) is 4.45. The summed E-state index contributed by atoms with van der Waals surface area (Å²) in [6, 6.07) is 13.6. The molecule has 1 aromatic heterocycles. The van der Waals surface area contributed by atoms with Crippen LogP contribution in [-0.4, -0.2) is 36.1 Å². The van der Waals surface area contributed by atoms with Crippen molar-refractivity contribution in [2.24, 2.45) is 5.92 Å². The quantitative estimate of drug-likeness (QED) is 0.829. The molecule has 2 aliphatic rings. The summed E-state index contributed by atoms with van der Waals surface area (Å²) >= 11 is 0. The molecule has 0 N–H and O–H groups in total. The molecule has 0 spiro atoms. The summed E-state index contributed by atoms with van der Waals surface area (Å²) in [5.74, 6) is 0.467. The molecule has 4 rings (SSSR count). The smallest absolute Gasteiger partial charge is 0.250 e. The number of benzene rings is 1. The molecule has 138 valence electrons. The van der Waals surface area contributed by atoms with Gasteiger partial charge in [-0.1, -0.05) is 37.3 Å². The third-order valence-electron chi connectivity index (χ3n) is 5.50. The van der Waals surface area contributed by atoms with E-state index >= 15 is 0 Å². The Bertz CT molecular complexity index is 966. The first-order chi connectivity index (χ1) is 12.5. The van der Waals surface area contributed by atoms with E-state index in [2.05, 4.69) is 0 Å². The largest absolute Gasteiger partial charge is 0.311 e. The molecule has 2 bridgehead atoms. The van der Waals surface area contributed by atoms with E-state index in [-0.39, 0.29) is 23.1 Å². The molecule has 2 aromatic rings. The minimum absolute atomic E-state index is 0.0132. The zero-order valence-corrected chi connectivity index (χ0v) is 15.8. The van der Waals surface area contributed by atoms with Gasteiger partial charge in [0.05, 0.1) is 5.75 Å². The Morgan fingerprint density at radius 2 is 1.81 bits per heavy atom. The lowest BCUT2D eigenvalue weighted by Crippen LogP contribution is -2.49. The molecule has 0 unspecified atom stereocenters. The van der Waals surface area contributed by atoms with Crippen molar-refractivity contribution in [3.8, 4) is 11.1 Å². The second-order valence-corrected chi connectivity index (χ2v) is 9.47. The van der Waals surface area contributed by atoms with Gasteiger partial charge in [0.25, 0.3) is 5.56 Å². The van der Waals surface area contributed by atoms with Gasteiger partial charge in [0.15, 0.2) is 0 Å². The molecular weight excluding hydrogens is 348 g/mol. The van der Waals surface area contributed by atoms with Crippen LogP contribution in [0.5, 0.6) is 0 Å². The minimum atomic E-state index is -3.22. The Balaban J connectivity index is 1.80. The van der Waals surface area contributed by atoms with Crippen LogP contribution in [0.4, 0.5) is 0 Å². The third kappa shape index (κ3) is 3.01. The van der Waals surface area contributed by atoms with Crippen molar-refractivity contribution in [2.45, 2.75) is 32.2 Å². The summed E-state index contributed by atoms with van der Waals surface area (Å²) < 4.78 is 28.8. The van der Waals surface area contributed by atoms with Crippen LogP contribution in [0.25, 0.3) is 11.1 Å². The van der Waals surface area contributed by atoms with Gasteiger partial charge in [0.1, 0.15) is 0 Å². The first kappa shape index (κ1) is 17.5. The number of hydrogen-bond acceptors (Lipinski definition) is 3. The van der Waals surface area contributed by atoms with Gasteiger partial charge in [-0.25, -0.2) is 12.7 Å². The van der Waals surface area contributed by atoms with Crippen LogP contribution in [0.1, 0.15) is 31.4 Å². The van der Waals surface area contributed by atoms with Crippen molar-refractivity contribution in [3.05, 3.63) is 58.5 Å². The molecule has 0 amide bonds. The predicted octanol–water partition coefficient (Wildman–Crippen LogP) is 2.67. The standard InChI is InChI=1S/C20H24N2O3S/c1-2-10-26(24,25)21-12-15-11-17(14-21)20-18(16-6-4-3-5-7-16)8-9-19(23)22(20)13-15/h3-9,15,17H,2,10-14H2,1H3/t15-,17-/m1/s1.